The molecule has 31 heavy (non-hydrogen) atoms. The van der Waals surface area contributed by atoms with Crippen LogP contribution in [0.4, 0.5) is 5.69 Å². The van der Waals surface area contributed by atoms with Crippen molar-refractivity contribution in [2.45, 2.75) is 18.2 Å². The molecule has 0 fully saturated rings. The van der Waals surface area contributed by atoms with Crippen LogP contribution < -0.4 is 11.1 Å². The summed E-state index contributed by atoms with van der Waals surface area (Å²) in [6, 6.07) is 13.3. The maximum absolute atomic E-state index is 13.4. The highest BCUT2D eigenvalue weighted by atomic mass is 32.2. The van der Waals surface area contributed by atoms with Crippen molar-refractivity contribution in [3.63, 3.8) is 0 Å². The Labute approximate surface area is 187 Å². The normalized spacial score (nSPS) is 11.0. The van der Waals surface area contributed by atoms with E-state index in [1.54, 1.807) is 16.0 Å². The second-order valence-electron chi connectivity index (χ2n) is 6.96. The highest BCUT2D eigenvalue weighted by Crippen LogP contribution is 2.31. The van der Waals surface area contributed by atoms with Crippen LogP contribution in [0.25, 0.3) is 21.6 Å². The number of rotatable bonds is 7. The summed E-state index contributed by atoms with van der Waals surface area (Å²) in [6.45, 7) is 1.87. The van der Waals surface area contributed by atoms with Crippen LogP contribution in [-0.4, -0.2) is 32.3 Å². The number of anilines is 1. The molecule has 0 aliphatic carbocycles. The molecule has 9 heteroatoms. The minimum atomic E-state index is -0.346. The Balaban J connectivity index is 1.71. The number of para-hydroxylation sites is 1. The number of hydrogen-bond acceptors (Lipinski definition) is 6. The van der Waals surface area contributed by atoms with E-state index >= 15 is 0 Å². The summed E-state index contributed by atoms with van der Waals surface area (Å²) in [7, 11) is 1.83. The van der Waals surface area contributed by atoms with E-state index in [1.807, 2.05) is 61.8 Å². The Hall–Kier alpha value is -3.17. The predicted octanol–water partition coefficient (Wildman–Crippen LogP) is 4.23. The number of aromatic nitrogens is 3. The van der Waals surface area contributed by atoms with Crippen LogP contribution in [0.5, 0.6) is 0 Å². The topological polar surface area (TPSA) is 103 Å². The van der Waals surface area contributed by atoms with Crippen molar-refractivity contribution in [1.29, 1.82) is 0 Å². The van der Waals surface area contributed by atoms with Crippen LogP contribution >= 0.6 is 23.1 Å². The lowest BCUT2D eigenvalue weighted by Crippen LogP contribution is -2.14. The number of pyridine rings is 1. The van der Waals surface area contributed by atoms with Gasteiger partial charge in [-0.15, -0.1) is 23.1 Å². The number of benzene rings is 1. The van der Waals surface area contributed by atoms with Crippen LogP contribution in [0.3, 0.4) is 0 Å². The Kier molecular flexibility index (Phi) is 6.06. The highest BCUT2D eigenvalue weighted by molar-refractivity contribution is 7.99. The zero-order valence-corrected chi connectivity index (χ0v) is 18.7. The minimum Gasteiger partial charge on any atom is -0.370 e. The number of hydrogen-bond donors (Lipinski definition) is 2. The molecule has 3 aromatic heterocycles. The maximum atomic E-state index is 13.4. The van der Waals surface area contributed by atoms with Crippen molar-refractivity contribution < 1.29 is 9.59 Å². The van der Waals surface area contributed by atoms with E-state index < -0.39 is 0 Å². The van der Waals surface area contributed by atoms with Crippen molar-refractivity contribution in [2.24, 2.45) is 12.8 Å². The van der Waals surface area contributed by atoms with Gasteiger partial charge in [0, 0.05) is 24.1 Å². The molecule has 3 N–H and O–H groups in total. The van der Waals surface area contributed by atoms with Crippen LogP contribution in [0.1, 0.15) is 22.5 Å². The lowest BCUT2D eigenvalue weighted by molar-refractivity contribution is -0.117. The predicted molar refractivity (Wildman–Crippen MR) is 125 cm³/mol. The average Bonchev–Trinajstić information content (AvgIpc) is 3.37. The second-order valence-corrected chi connectivity index (χ2v) is 9.04. The number of thiophene rings is 1. The third-order valence-corrected chi connectivity index (χ3v) is 6.70. The van der Waals surface area contributed by atoms with Crippen molar-refractivity contribution in [3.8, 4) is 10.6 Å². The minimum absolute atomic E-state index is 0.232. The zero-order valence-electron chi connectivity index (χ0n) is 17.1. The molecule has 0 atom stereocenters. The molecule has 4 aromatic rings. The van der Waals surface area contributed by atoms with Crippen molar-refractivity contribution in [2.75, 3.05) is 11.1 Å². The third kappa shape index (κ3) is 4.47. The molecule has 0 bridgehead atoms. The van der Waals surface area contributed by atoms with Gasteiger partial charge in [0.25, 0.3) is 5.91 Å². The van der Waals surface area contributed by atoms with Gasteiger partial charge in [0.15, 0.2) is 5.65 Å². The first kappa shape index (κ1) is 21.1. The number of carbonyl (C=O) groups excluding carboxylic acids is 2. The molecule has 0 spiro atoms. The van der Waals surface area contributed by atoms with Crippen LogP contribution in [0, 0.1) is 6.92 Å². The molecule has 4 rings (SSSR count). The SMILES string of the molecule is Cc1nn(C)c2nc(-c3cccs3)cc(C(=O)Nc3ccccc3SCCC(N)=O)c12. The molecule has 3 heterocycles. The Morgan fingerprint density at radius 3 is 2.77 bits per heavy atom. The molecule has 0 aliphatic heterocycles. The molecular formula is C22H21N5O2S2. The van der Waals surface area contributed by atoms with Gasteiger partial charge in [-0.05, 0) is 36.6 Å². The number of amides is 2. The van der Waals surface area contributed by atoms with Gasteiger partial charge < -0.3 is 11.1 Å². The molecule has 0 unspecified atom stereocenters. The molecule has 1 aromatic carbocycles. The molecule has 0 saturated carbocycles. The van der Waals surface area contributed by atoms with Gasteiger partial charge in [0.1, 0.15) is 0 Å². The van der Waals surface area contributed by atoms with Crippen molar-refractivity contribution >= 4 is 51.6 Å². The molecule has 158 valence electrons. The fraction of sp³-hybridized carbons (Fsp3) is 0.182. The van der Waals surface area contributed by atoms with Crippen LogP contribution in [0.15, 0.2) is 52.7 Å². The average molecular weight is 452 g/mol. The quantitative estimate of drug-likeness (QED) is 0.410. The molecule has 0 saturated heterocycles. The Bertz CT molecular complexity index is 1260. The first-order valence-electron chi connectivity index (χ1n) is 9.63. The Morgan fingerprint density at radius 1 is 1.23 bits per heavy atom. The molecule has 0 radical (unpaired) electrons. The number of fused-ring (bicyclic) bond motifs is 1. The Morgan fingerprint density at radius 2 is 2.03 bits per heavy atom. The monoisotopic (exact) mass is 451 g/mol. The van der Waals surface area contributed by atoms with Gasteiger partial charge in [-0.2, -0.15) is 5.10 Å². The summed E-state index contributed by atoms with van der Waals surface area (Å²) in [5.74, 6) is -0.0306. The molecule has 2 amide bonds. The van der Waals surface area contributed by atoms with Gasteiger partial charge in [-0.1, -0.05) is 18.2 Å². The van der Waals surface area contributed by atoms with Crippen molar-refractivity contribution in [1.82, 2.24) is 14.8 Å². The number of thioether (sulfide) groups is 1. The molecular weight excluding hydrogens is 430 g/mol. The van der Waals surface area contributed by atoms with E-state index in [0.717, 1.165) is 26.5 Å². The summed E-state index contributed by atoms with van der Waals surface area (Å²) >= 11 is 3.05. The second kappa shape index (κ2) is 8.91. The van der Waals surface area contributed by atoms with Gasteiger partial charge >= 0.3 is 0 Å². The smallest absolute Gasteiger partial charge is 0.256 e. The van der Waals surface area contributed by atoms with Gasteiger partial charge in [0.05, 0.1) is 32.9 Å². The first-order valence-corrected chi connectivity index (χ1v) is 11.5. The largest absolute Gasteiger partial charge is 0.370 e. The maximum Gasteiger partial charge on any atom is 0.256 e. The number of nitrogens with zero attached hydrogens (tertiary/aromatic N) is 3. The van der Waals surface area contributed by atoms with E-state index in [0.29, 0.717) is 22.7 Å². The molecule has 0 aliphatic rings. The van der Waals surface area contributed by atoms with Crippen LogP contribution in [0.2, 0.25) is 0 Å². The molecule has 7 nitrogen and oxygen atoms in total. The van der Waals surface area contributed by atoms with Crippen molar-refractivity contribution in [3.05, 3.63) is 59.1 Å². The summed E-state index contributed by atoms with van der Waals surface area (Å²) in [6.07, 6.45) is 0.275. The van der Waals surface area contributed by atoms with Gasteiger partial charge in [0.2, 0.25) is 5.91 Å². The van der Waals surface area contributed by atoms with Crippen LogP contribution in [-0.2, 0) is 11.8 Å². The van der Waals surface area contributed by atoms with E-state index in [2.05, 4.69) is 10.4 Å². The van der Waals surface area contributed by atoms with E-state index in [4.69, 9.17) is 10.7 Å². The van der Waals surface area contributed by atoms with E-state index in [1.165, 1.54) is 11.8 Å². The fourth-order valence-corrected chi connectivity index (χ4v) is 4.98. The number of nitrogens with two attached hydrogens (primary N) is 1. The van der Waals surface area contributed by atoms with E-state index in [-0.39, 0.29) is 18.2 Å². The highest BCUT2D eigenvalue weighted by Gasteiger charge is 2.20. The van der Waals surface area contributed by atoms with E-state index in [9.17, 15) is 9.59 Å². The summed E-state index contributed by atoms with van der Waals surface area (Å²) in [4.78, 5) is 31.0. The summed E-state index contributed by atoms with van der Waals surface area (Å²) < 4.78 is 1.70. The first-order chi connectivity index (χ1) is 14.9. The summed E-state index contributed by atoms with van der Waals surface area (Å²) in [5.41, 5.74) is 8.60. The number of primary amides is 1. The zero-order chi connectivity index (χ0) is 22.0. The lowest BCUT2D eigenvalue weighted by atomic mass is 10.1. The number of carbonyl (C=O) groups is 2. The fourth-order valence-electron chi connectivity index (χ4n) is 3.32. The number of nitrogens with one attached hydrogen (secondary N) is 1. The standard InChI is InChI=1S/C22H21N5O2S2/c1-13-20-14(12-16(18-8-5-10-30-18)24-21(20)27(2)26-13)22(29)25-15-6-3-4-7-17(15)31-11-9-19(23)28/h3-8,10,12H,9,11H2,1-2H3,(H2,23,28)(H,25,29). The van der Waals surface area contributed by atoms with Gasteiger partial charge in [-0.25, -0.2) is 4.98 Å². The third-order valence-electron chi connectivity index (χ3n) is 4.73. The summed E-state index contributed by atoms with van der Waals surface area (Å²) in [5, 5.41) is 10.2. The van der Waals surface area contributed by atoms with Gasteiger partial charge in [-0.3, -0.25) is 14.3 Å². The lowest BCUT2D eigenvalue weighted by Gasteiger charge is -2.12. The number of aryl methyl sites for hydroxylation is 2.